The highest BCUT2D eigenvalue weighted by atomic mass is 16.1. The number of nitrogens with zero attached hydrogens (tertiary/aromatic N) is 2. The summed E-state index contributed by atoms with van der Waals surface area (Å²) in [5, 5.41) is 0. The molecule has 15 heavy (non-hydrogen) atoms. The minimum Gasteiger partial charge on any atom is -0.294 e. The van der Waals surface area contributed by atoms with Crippen LogP contribution in [0.1, 0.15) is 17.3 Å². The average molecular weight is 198 g/mol. The Labute approximate surface area is 87.8 Å². The average Bonchev–Trinajstić information content (AvgIpc) is 2.30. The minimum atomic E-state index is -0.0190. The number of carbonyl (C=O) groups excluding carboxylic acids is 1. The van der Waals surface area contributed by atoms with E-state index < -0.39 is 0 Å². The van der Waals surface area contributed by atoms with E-state index in [1.807, 2.05) is 30.3 Å². The maximum Gasteiger partial charge on any atom is 0.163 e. The maximum atomic E-state index is 11.4. The fourth-order valence-corrected chi connectivity index (χ4v) is 1.41. The summed E-state index contributed by atoms with van der Waals surface area (Å²) in [6.45, 7) is 1.52. The van der Waals surface area contributed by atoms with E-state index in [-0.39, 0.29) is 5.78 Å². The van der Waals surface area contributed by atoms with Crippen molar-refractivity contribution in [3.8, 4) is 11.3 Å². The highest BCUT2D eigenvalue weighted by molar-refractivity contribution is 5.99. The molecule has 0 saturated carbocycles. The molecular formula is C12H10N2O. The van der Waals surface area contributed by atoms with Crippen molar-refractivity contribution in [2.75, 3.05) is 0 Å². The van der Waals surface area contributed by atoms with Crippen LogP contribution in [0.15, 0.2) is 42.9 Å². The SMILES string of the molecule is CC(=O)c1cncnc1-c1ccccc1. The molecule has 0 aliphatic rings. The van der Waals surface area contributed by atoms with E-state index in [2.05, 4.69) is 9.97 Å². The van der Waals surface area contributed by atoms with Crippen LogP contribution in [0.5, 0.6) is 0 Å². The van der Waals surface area contributed by atoms with Crippen molar-refractivity contribution in [2.45, 2.75) is 6.92 Å². The molecule has 1 aromatic carbocycles. The molecule has 0 aliphatic carbocycles. The molecule has 2 rings (SSSR count). The Morgan fingerprint density at radius 1 is 1.20 bits per heavy atom. The first-order valence-electron chi connectivity index (χ1n) is 4.65. The van der Waals surface area contributed by atoms with Crippen LogP contribution in [0.25, 0.3) is 11.3 Å². The molecule has 0 N–H and O–H groups in total. The first-order valence-corrected chi connectivity index (χ1v) is 4.65. The van der Waals surface area contributed by atoms with Crippen LogP contribution in [-0.4, -0.2) is 15.8 Å². The second-order valence-electron chi connectivity index (χ2n) is 3.21. The second kappa shape index (κ2) is 4.00. The van der Waals surface area contributed by atoms with Crippen molar-refractivity contribution in [3.63, 3.8) is 0 Å². The van der Waals surface area contributed by atoms with Crippen molar-refractivity contribution in [3.05, 3.63) is 48.4 Å². The van der Waals surface area contributed by atoms with Crippen LogP contribution < -0.4 is 0 Å². The number of hydrogen-bond acceptors (Lipinski definition) is 3. The van der Waals surface area contributed by atoms with Gasteiger partial charge in [-0.1, -0.05) is 30.3 Å². The monoisotopic (exact) mass is 198 g/mol. The molecule has 0 unspecified atom stereocenters. The predicted octanol–water partition coefficient (Wildman–Crippen LogP) is 2.35. The Morgan fingerprint density at radius 3 is 2.60 bits per heavy atom. The van der Waals surface area contributed by atoms with Crippen molar-refractivity contribution < 1.29 is 4.79 Å². The van der Waals surface area contributed by atoms with Gasteiger partial charge < -0.3 is 0 Å². The lowest BCUT2D eigenvalue weighted by molar-refractivity contribution is 0.101. The molecule has 0 radical (unpaired) electrons. The van der Waals surface area contributed by atoms with Gasteiger partial charge in [-0.05, 0) is 6.92 Å². The van der Waals surface area contributed by atoms with E-state index in [9.17, 15) is 4.79 Å². The summed E-state index contributed by atoms with van der Waals surface area (Å²) in [6.07, 6.45) is 3.01. The fourth-order valence-electron chi connectivity index (χ4n) is 1.41. The highest BCUT2D eigenvalue weighted by Crippen LogP contribution is 2.19. The van der Waals surface area contributed by atoms with Crippen molar-refractivity contribution in [1.29, 1.82) is 0 Å². The normalized spacial score (nSPS) is 9.93. The van der Waals surface area contributed by atoms with Crippen LogP contribution >= 0.6 is 0 Å². The van der Waals surface area contributed by atoms with Gasteiger partial charge in [-0.15, -0.1) is 0 Å². The standard InChI is InChI=1S/C12H10N2O/c1-9(15)11-7-13-8-14-12(11)10-5-3-2-4-6-10/h2-8H,1H3. The largest absolute Gasteiger partial charge is 0.294 e. The van der Waals surface area contributed by atoms with Gasteiger partial charge in [-0.3, -0.25) is 4.79 Å². The van der Waals surface area contributed by atoms with Gasteiger partial charge >= 0.3 is 0 Å². The van der Waals surface area contributed by atoms with Crippen LogP contribution in [0.3, 0.4) is 0 Å². The van der Waals surface area contributed by atoms with E-state index in [4.69, 9.17) is 0 Å². The number of Topliss-reactive ketones (excluding diaryl/α,β-unsaturated/α-hetero) is 1. The zero-order valence-electron chi connectivity index (χ0n) is 8.34. The summed E-state index contributed by atoms with van der Waals surface area (Å²) in [5.41, 5.74) is 2.19. The first kappa shape index (κ1) is 9.52. The third-order valence-corrected chi connectivity index (χ3v) is 2.14. The second-order valence-corrected chi connectivity index (χ2v) is 3.21. The fraction of sp³-hybridized carbons (Fsp3) is 0.0833. The summed E-state index contributed by atoms with van der Waals surface area (Å²) in [7, 11) is 0. The number of hydrogen-bond donors (Lipinski definition) is 0. The summed E-state index contributed by atoms with van der Waals surface area (Å²) in [6, 6.07) is 9.62. The molecule has 2 aromatic rings. The molecule has 0 aliphatic heterocycles. The molecule has 1 aromatic heterocycles. The number of rotatable bonds is 2. The van der Waals surface area contributed by atoms with E-state index in [1.54, 1.807) is 6.20 Å². The highest BCUT2D eigenvalue weighted by Gasteiger charge is 2.09. The molecule has 1 heterocycles. The number of aromatic nitrogens is 2. The molecule has 0 bridgehead atoms. The summed E-state index contributed by atoms with van der Waals surface area (Å²) in [5.74, 6) is -0.0190. The van der Waals surface area contributed by atoms with Crippen LogP contribution in [-0.2, 0) is 0 Å². The van der Waals surface area contributed by atoms with Gasteiger partial charge in [0.2, 0.25) is 0 Å². The zero-order valence-corrected chi connectivity index (χ0v) is 8.34. The van der Waals surface area contributed by atoms with Crippen LogP contribution in [0.4, 0.5) is 0 Å². The Hall–Kier alpha value is -2.03. The molecule has 0 atom stereocenters. The predicted molar refractivity (Wildman–Crippen MR) is 57.5 cm³/mol. The van der Waals surface area contributed by atoms with Crippen LogP contribution in [0.2, 0.25) is 0 Å². The number of carbonyl (C=O) groups is 1. The quantitative estimate of drug-likeness (QED) is 0.695. The molecule has 3 heteroatoms. The van der Waals surface area contributed by atoms with Crippen molar-refractivity contribution in [2.24, 2.45) is 0 Å². The first-order chi connectivity index (χ1) is 7.29. The third kappa shape index (κ3) is 1.91. The molecular weight excluding hydrogens is 188 g/mol. The Bertz CT molecular complexity index is 480. The summed E-state index contributed by atoms with van der Waals surface area (Å²) >= 11 is 0. The molecule has 74 valence electrons. The Kier molecular flexibility index (Phi) is 2.54. The van der Waals surface area contributed by atoms with Gasteiger partial charge in [0, 0.05) is 11.8 Å². The number of ketones is 1. The molecule has 0 fully saturated rings. The van der Waals surface area contributed by atoms with Gasteiger partial charge in [-0.25, -0.2) is 9.97 Å². The molecule has 0 spiro atoms. The third-order valence-electron chi connectivity index (χ3n) is 2.14. The van der Waals surface area contributed by atoms with E-state index in [0.29, 0.717) is 11.3 Å². The summed E-state index contributed by atoms with van der Waals surface area (Å²) < 4.78 is 0. The lowest BCUT2D eigenvalue weighted by Gasteiger charge is -2.04. The Balaban J connectivity index is 2.58. The molecule has 3 nitrogen and oxygen atoms in total. The lowest BCUT2D eigenvalue weighted by atomic mass is 10.1. The molecule has 0 saturated heterocycles. The van der Waals surface area contributed by atoms with Gasteiger partial charge in [0.15, 0.2) is 5.78 Å². The minimum absolute atomic E-state index is 0.0190. The van der Waals surface area contributed by atoms with Crippen molar-refractivity contribution in [1.82, 2.24) is 9.97 Å². The van der Waals surface area contributed by atoms with E-state index >= 15 is 0 Å². The van der Waals surface area contributed by atoms with Gasteiger partial charge in [0.1, 0.15) is 6.33 Å². The Morgan fingerprint density at radius 2 is 1.93 bits per heavy atom. The van der Waals surface area contributed by atoms with E-state index in [1.165, 1.54) is 13.3 Å². The van der Waals surface area contributed by atoms with Crippen molar-refractivity contribution >= 4 is 5.78 Å². The van der Waals surface area contributed by atoms with Crippen LogP contribution in [0, 0.1) is 0 Å². The van der Waals surface area contributed by atoms with Gasteiger partial charge in [0.25, 0.3) is 0 Å². The van der Waals surface area contributed by atoms with E-state index in [0.717, 1.165) is 5.56 Å². The topological polar surface area (TPSA) is 42.9 Å². The summed E-state index contributed by atoms with van der Waals surface area (Å²) in [4.78, 5) is 19.4. The zero-order chi connectivity index (χ0) is 10.7. The number of benzene rings is 1. The van der Waals surface area contributed by atoms with Gasteiger partial charge in [0.05, 0.1) is 11.3 Å². The maximum absolute atomic E-state index is 11.4. The smallest absolute Gasteiger partial charge is 0.163 e. The molecule has 0 amide bonds. The lowest BCUT2D eigenvalue weighted by Crippen LogP contribution is -1.99. The van der Waals surface area contributed by atoms with Gasteiger partial charge in [-0.2, -0.15) is 0 Å².